The van der Waals surface area contributed by atoms with E-state index in [1.165, 1.54) is 10.7 Å². The Morgan fingerprint density at radius 1 is 1.35 bits per heavy atom. The summed E-state index contributed by atoms with van der Waals surface area (Å²) in [6.07, 6.45) is -2.38. The fraction of sp³-hybridized carbons (Fsp3) is 0.500. The van der Waals surface area contributed by atoms with Gasteiger partial charge in [0, 0.05) is 19.2 Å². The number of alkyl halides is 3. The SMILES string of the molecule is N#Cc1ccc(-n2nnnc2CN2C[C@H]3OCCCC32)cc1C(F)(F)F. The van der Waals surface area contributed by atoms with E-state index in [0.717, 1.165) is 38.1 Å². The van der Waals surface area contributed by atoms with Crippen LogP contribution < -0.4 is 0 Å². The second kappa shape index (κ2) is 6.34. The van der Waals surface area contributed by atoms with Gasteiger partial charge in [0.1, 0.15) is 0 Å². The van der Waals surface area contributed by atoms with Crippen molar-refractivity contribution in [3.05, 3.63) is 35.2 Å². The molecule has 136 valence electrons. The zero-order valence-electron chi connectivity index (χ0n) is 13.6. The van der Waals surface area contributed by atoms with Crippen molar-refractivity contribution in [3.8, 4) is 11.8 Å². The Morgan fingerprint density at radius 2 is 2.19 bits per heavy atom. The Bertz CT molecular complexity index is 858. The minimum atomic E-state index is -4.63. The molecule has 1 aromatic carbocycles. The first-order chi connectivity index (χ1) is 12.5. The van der Waals surface area contributed by atoms with E-state index in [-0.39, 0.29) is 11.8 Å². The molecule has 1 aromatic heterocycles. The molecule has 0 saturated carbocycles. The third-order valence-corrected chi connectivity index (χ3v) is 4.84. The molecule has 0 aliphatic carbocycles. The highest BCUT2D eigenvalue weighted by Gasteiger charge is 2.42. The van der Waals surface area contributed by atoms with Gasteiger partial charge in [-0.3, -0.25) is 4.90 Å². The summed E-state index contributed by atoms with van der Waals surface area (Å²) in [4.78, 5) is 2.17. The lowest BCUT2D eigenvalue weighted by atomic mass is 9.92. The lowest BCUT2D eigenvalue weighted by Gasteiger charge is -2.49. The molecule has 2 atom stereocenters. The summed E-state index contributed by atoms with van der Waals surface area (Å²) in [7, 11) is 0. The maximum atomic E-state index is 13.2. The molecule has 2 fully saturated rings. The van der Waals surface area contributed by atoms with Crippen molar-refractivity contribution in [1.82, 2.24) is 25.1 Å². The highest BCUT2D eigenvalue weighted by atomic mass is 19.4. The van der Waals surface area contributed by atoms with Gasteiger partial charge in [-0.1, -0.05) is 0 Å². The van der Waals surface area contributed by atoms with E-state index in [0.29, 0.717) is 18.4 Å². The first-order valence-electron chi connectivity index (χ1n) is 8.22. The first kappa shape index (κ1) is 16.9. The van der Waals surface area contributed by atoms with Gasteiger partial charge in [-0.25, -0.2) is 0 Å². The molecule has 4 rings (SSSR count). The number of aromatic nitrogens is 4. The average molecular weight is 364 g/mol. The van der Waals surface area contributed by atoms with E-state index in [4.69, 9.17) is 10.00 Å². The Balaban J connectivity index is 1.60. The van der Waals surface area contributed by atoms with Gasteiger partial charge in [-0.2, -0.15) is 23.1 Å². The normalized spacial score (nSPS) is 23.2. The second-order valence-corrected chi connectivity index (χ2v) is 6.39. The fourth-order valence-corrected chi connectivity index (χ4v) is 3.51. The smallest absolute Gasteiger partial charge is 0.375 e. The summed E-state index contributed by atoms with van der Waals surface area (Å²) in [6, 6.07) is 5.33. The number of hydrogen-bond acceptors (Lipinski definition) is 6. The topological polar surface area (TPSA) is 79.9 Å². The van der Waals surface area contributed by atoms with Crippen LogP contribution in [0.4, 0.5) is 13.2 Å². The van der Waals surface area contributed by atoms with Crippen LogP contribution >= 0.6 is 0 Å². The highest BCUT2D eigenvalue weighted by molar-refractivity contribution is 5.47. The Hall–Kier alpha value is -2.51. The number of rotatable bonds is 3. The van der Waals surface area contributed by atoms with Crippen LogP contribution in [0.5, 0.6) is 0 Å². The van der Waals surface area contributed by atoms with Crippen LogP contribution in [0.2, 0.25) is 0 Å². The molecule has 2 aliphatic rings. The maximum Gasteiger partial charge on any atom is 0.417 e. The Kier molecular flexibility index (Phi) is 4.13. The average Bonchev–Trinajstić information content (AvgIpc) is 3.06. The van der Waals surface area contributed by atoms with Crippen molar-refractivity contribution in [2.24, 2.45) is 0 Å². The van der Waals surface area contributed by atoms with Gasteiger partial charge in [0.25, 0.3) is 0 Å². The molecular weight excluding hydrogens is 349 g/mol. The monoisotopic (exact) mass is 364 g/mol. The molecule has 2 aliphatic heterocycles. The molecule has 3 heterocycles. The van der Waals surface area contributed by atoms with Gasteiger partial charge in [-0.05, 0) is 41.5 Å². The van der Waals surface area contributed by atoms with Gasteiger partial charge < -0.3 is 4.74 Å². The van der Waals surface area contributed by atoms with Gasteiger partial charge in [0.15, 0.2) is 5.82 Å². The zero-order chi connectivity index (χ0) is 18.3. The molecule has 26 heavy (non-hydrogen) atoms. The second-order valence-electron chi connectivity index (χ2n) is 6.39. The predicted octanol–water partition coefficient (Wildman–Crippen LogP) is 1.92. The molecule has 1 unspecified atom stereocenters. The van der Waals surface area contributed by atoms with Crippen molar-refractivity contribution >= 4 is 0 Å². The van der Waals surface area contributed by atoms with Crippen LogP contribution in [-0.2, 0) is 17.5 Å². The zero-order valence-corrected chi connectivity index (χ0v) is 13.6. The number of likely N-dealkylation sites (tertiary alicyclic amines) is 1. The highest BCUT2D eigenvalue weighted by Crippen LogP contribution is 2.34. The van der Waals surface area contributed by atoms with Gasteiger partial charge in [-0.15, -0.1) is 5.10 Å². The number of nitrogens with zero attached hydrogens (tertiary/aromatic N) is 6. The molecule has 2 saturated heterocycles. The van der Waals surface area contributed by atoms with Crippen LogP contribution in [-0.4, -0.2) is 50.4 Å². The number of halogens is 3. The number of tetrazole rings is 1. The molecular formula is C16H15F3N6O. The summed E-state index contributed by atoms with van der Waals surface area (Å²) >= 11 is 0. The van der Waals surface area contributed by atoms with Crippen molar-refractivity contribution < 1.29 is 17.9 Å². The third-order valence-electron chi connectivity index (χ3n) is 4.84. The van der Waals surface area contributed by atoms with E-state index < -0.39 is 17.3 Å². The molecule has 0 amide bonds. The van der Waals surface area contributed by atoms with E-state index in [1.807, 2.05) is 0 Å². The first-order valence-corrected chi connectivity index (χ1v) is 8.22. The maximum absolute atomic E-state index is 13.2. The standard InChI is InChI=1S/C16H15F3N6O/c17-16(18,19)12-6-11(4-3-10(12)7-20)25-15(21-22-23-25)9-24-8-14-13(24)2-1-5-26-14/h3-4,6,13-14H,1-2,5,8-9H2/t13?,14-/m1/s1. The summed E-state index contributed by atoms with van der Waals surface area (Å²) in [5, 5.41) is 20.3. The molecule has 10 heteroatoms. The van der Waals surface area contributed by atoms with Crippen molar-refractivity contribution in [1.29, 1.82) is 5.26 Å². The minimum absolute atomic E-state index is 0.174. The van der Waals surface area contributed by atoms with Crippen molar-refractivity contribution in [2.45, 2.75) is 37.7 Å². The Labute approximate surface area is 147 Å². The van der Waals surface area contributed by atoms with Gasteiger partial charge in [0.05, 0.1) is 35.5 Å². The predicted molar refractivity (Wildman–Crippen MR) is 82.0 cm³/mol. The largest absolute Gasteiger partial charge is 0.417 e. The molecule has 0 N–H and O–H groups in total. The lowest BCUT2D eigenvalue weighted by Crippen LogP contribution is -2.62. The Morgan fingerprint density at radius 3 is 2.92 bits per heavy atom. The van der Waals surface area contributed by atoms with Crippen molar-refractivity contribution in [3.63, 3.8) is 0 Å². The number of ether oxygens (including phenoxy) is 1. The minimum Gasteiger partial charge on any atom is -0.375 e. The quantitative estimate of drug-likeness (QED) is 0.828. The molecule has 0 spiro atoms. The number of fused-ring (bicyclic) bond motifs is 1. The molecule has 7 nitrogen and oxygen atoms in total. The molecule has 0 radical (unpaired) electrons. The van der Waals surface area contributed by atoms with Gasteiger partial charge in [0.2, 0.25) is 0 Å². The third kappa shape index (κ3) is 2.93. The van der Waals surface area contributed by atoms with E-state index in [9.17, 15) is 13.2 Å². The fourth-order valence-electron chi connectivity index (χ4n) is 3.51. The van der Waals surface area contributed by atoms with E-state index in [1.54, 1.807) is 6.07 Å². The molecule has 2 aromatic rings. The van der Waals surface area contributed by atoms with E-state index >= 15 is 0 Å². The summed E-state index contributed by atoms with van der Waals surface area (Å²) in [6.45, 7) is 1.97. The van der Waals surface area contributed by atoms with Crippen LogP contribution in [0.25, 0.3) is 5.69 Å². The summed E-state index contributed by atoms with van der Waals surface area (Å²) < 4.78 is 46.5. The van der Waals surface area contributed by atoms with Crippen LogP contribution in [0.15, 0.2) is 18.2 Å². The van der Waals surface area contributed by atoms with E-state index in [2.05, 4.69) is 20.4 Å². The number of benzene rings is 1. The van der Waals surface area contributed by atoms with Crippen LogP contribution in [0.1, 0.15) is 29.8 Å². The molecule has 0 bridgehead atoms. The summed E-state index contributed by atoms with van der Waals surface area (Å²) in [5.74, 6) is 0.451. The number of hydrogen-bond donors (Lipinski definition) is 0. The van der Waals surface area contributed by atoms with Crippen molar-refractivity contribution in [2.75, 3.05) is 13.2 Å². The van der Waals surface area contributed by atoms with Crippen LogP contribution in [0.3, 0.4) is 0 Å². The number of nitriles is 1. The summed E-state index contributed by atoms with van der Waals surface area (Å²) in [5.41, 5.74) is -1.25. The van der Waals surface area contributed by atoms with Crippen LogP contribution in [0, 0.1) is 11.3 Å². The lowest BCUT2D eigenvalue weighted by molar-refractivity contribution is -0.138. The van der Waals surface area contributed by atoms with Gasteiger partial charge >= 0.3 is 6.18 Å².